The first-order valence-corrected chi connectivity index (χ1v) is 9.44. The number of nitrogens with zero attached hydrogens (tertiary/aromatic N) is 1. The van der Waals surface area contributed by atoms with Crippen LogP contribution < -0.4 is 10.9 Å². The Balaban J connectivity index is 2.12. The van der Waals surface area contributed by atoms with E-state index in [1.807, 2.05) is 0 Å². The molecule has 0 atom stereocenters. The van der Waals surface area contributed by atoms with E-state index in [2.05, 4.69) is 26.8 Å². The fourth-order valence-corrected chi connectivity index (χ4v) is 3.22. The summed E-state index contributed by atoms with van der Waals surface area (Å²) in [5, 5.41) is 0. The molecule has 0 aliphatic heterocycles. The molecule has 0 unspecified atom stereocenters. The van der Waals surface area contributed by atoms with Crippen LogP contribution in [-0.2, 0) is 10.0 Å². The van der Waals surface area contributed by atoms with Gasteiger partial charge in [0.15, 0.2) is 0 Å². The predicted molar refractivity (Wildman–Crippen MR) is 96.3 cm³/mol. The Morgan fingerprint density at radius 3 is 2.31 bits per heavy atom. The molecule has 7 nitrogen and oxygen atoms in total. The molecule has 0 saturated heterocycles. The van der Waals surface area contributed by atoms with Crippen LogP contribution in [0.2, 0.25) is 0 Å². The Morgan fingerprint density at radius 2 is 1.69 bits per heavy atom. The first-order valence-electron chi connectivity index (χ1n) is 7.21. The molecule has 2 aromatic rings. The second-order valence-corrected chi connectivity index (χ2v) is 8.42. The van der Waals surface area contributed by atoms with Gasteiger partial charge in [-0.25, -0.2) is 17.1 Å². The lowest BCUT2D eigenvalue weighted by molar-refractivity contribution is 0.0844. The van der Waals surface area contributed by atoms with E-state index >= 15 is 0 Å². The van der Waals surface area contributed by atoms with E-state index in [4.69, 9.17) is 0 Å². The summed E-state index contributed by atoms with van der Waals surface area (Å²) in [5.74, 6) is -2.35. The summed E-state index contributed by atoms with van der Waals surface area (Å²) in [6.07, 6.45) is 0. The van der Waals surface area contributed by atoms with E-state index < -0.39 is 27.7 Å². The van der Waals surface area contributed by atoms with E-state index in [9.17, 15) is 22.4 Å². The zero-order valence-corrected chi connectivity index (χ0v) is 16.2. The predicted octanol–water partition coefficient (Wildman–Crippen LogP) is 1.91. The van der Waals surface area contributed by atoms with Crippen molar-refractivity contribution in [2.45, 2.75) is 4.90 Å². The molecule has 0 heterocycles. The molecular formula is C16H15BrFN3O4S. The number of nitrogens with one attached hydrogen (secondary N) is 2. The van der Waals surface area contributed by atoms with Crippen LogP contribution in [0, 0.1) is 5.82 Å². The maximum absolute atomic E-state index is 13.7. The van der Waals surface area contributed by atoms with E-state index in [1.54, 1.807) is 0 Å². The number of rotatable bonds is 4. The molecule has 26 heavy (non-hydrogen) atoms. The maximum atomic E-state index is 13.7. The normalized spacial score (nSPS) is 11.3. The van der Waals surface area contributed by atoms with E-state index in [0.29, 0.717) is 4.47 Å². The standard InChI is InChI=1S/C16H15BrFN3O4S/c1-21(2)26(24,25)12-5-3-4-10(8-12)15(22)19-20-16(23)13-7-6-11(17)9-14(13)18/h3-9H,1-2H3,(H,19,22)(H,20,23). The highest BCUT2D eigenvalue weighted by Crippen LogP contribution is 2.16. The van der Waals surface area contributed by atoms with Crippen LogP contribution in [0.5, 0.6) is 0 Å². The average molecular weight is 444 g/mol. The molecule has 0 aromatic heterocycles. The number of benzene rings is 2. The number of hydrazine groups is 1. The Kier molecular flexibility index (Phi) is 6.11. The molecule has 0 aliphatic rings. The van der Waals surface area contributed by atoms with Gasteiger partial charge in [-0.2, -0.15) is 0 Å². The Hall–Kier alpha value is -2.30. The van der Waals surface area contributed by atoms with Gasteiger partial charge < -0.3 is 0 Å². The molecule has 10 heteroatoms. The number of carbonyl (C=O) groups is 2. The minimum Gasteiger partial charge on any atom is -0.267 e. The molecule has 0 spiro atoms. The van der Waals surface area contributed by atoms with Crippen molar-refractivity contribution in [2.24, 2.45) is 0 Å². The quantitative estimate of drug-likeness (QED) is 0.705. The van der Waals surface area contributed by atoms with Crippen LogP contribution in [0.4, 0.5) is 4.39 Å². The van der Waals surface area contributed by atoms with Crippen LogP contribution in [-0.4, -0.2) is 38.6 Å². The number of carbonyl (C=O) groups excluding carboxylic acids is 2. The zero-order valence-electron chi connectivity index (χ0n) is 13.8. The summed E-state index contributed by atoms with van der Waals surface area (Å²) in [6, 6.07) is 9.17. The van der Waals surface area contributed by atoms with Gasteiger partial charge in [-0.15, -0.1) is 0 Å². The summed E-state index contributed by atoms with van der Waals surface area (Å²) in [5.41, 5.74) is 3.97. The summed E-state index contributed by atoms with van der Waals surface area (Å²) in [4.78, 5) is 24.0. The first kappa shape index (κ1) is 20.0. The summed E-state index contributed by atoms with van der Waals surface area (Å²) < 4.78 is 39.4. The van der Waals surface area contributed by atoms with Crippen LogP contribution in [0.25, 0.3) is 0 Å². The zero-order chi connectivity index (χ0) is 19.5. The van der Waals surface area contributed by atoms with Gasteiger partial charge in [0.1, 0.15) is 5.82 Å². The monoisotopic (exact) mass is 443 g/mol. The number of hydrogen-bond acceptors (Lipinski definition) is 4. The second-order valence-electron chi connectivity index (χ2n) is 5.35. The van der Waals surface area contributed by atoms with E-state index in [0.717, 1.165) is 10.4 Å². The van der Waals surface area contributed by atoms with Crippen molar-refractivity contribution in [1.29, 1.82) is 0 Å². The molecule has 0 bridgehead atoms. The van der Waals surface area contributed by atoms with Gasteiger partial charge in [0, 0.05) is 24.1 Å². The van der Waals surface area contributed by atoms with Crippen LogP contribution >= 0.6 is 15.9 Å². The lowest BCUT2D eigenvalue weighted by Gasteiger charge is -2.12. The van der Waals surface area contributed by atoms with E-state index in [-0.39, 0.29) is 16.0 Å². The average Bonchev–Trinajstić information content (AvgIpc) is 2.59. The third-order valence-corrected chi connectivity index (χ3v) is 5.64. The van der Waals surface area contributed by atoms with Gasteiger partial charge >= 0.3 is 0 Å². The molecule has 2 rings (SSSR count). The van der Waals surface area contributed by atoms with Gasteiger partial charge in [0.05, 0.1) is 10.5 Å². The van der Waals surface area contributed by atoms with Crippen molar-refractivity contribution in [2.75, 3.05) is 14.1 Å². The molecule has 2 amide bonds. The molecule has 2 aromatic carbocycles. The molecule has 2 N–H and O–H groups in total. The number of amides is 2. The maximum Gasteiger partial charge on any atom is 0.272 e. The fraction of sp³-hybridized carbons (Fsp3) is 0.125. The highest BCUT2D eigenvalue weighted by Gasteiger charge is 2.19. The molecule has 0 radical (unpaired) electrons. The minimum absolute atomic E-state index is 0.0181. The lowest BCUT2D eigenvalue weighted by Crippen LogP contribution is -2.42. The first-order chi connectivity index (χ1) is 12.1. The number of halogens is 2. The SMILES string of the molecule is CN(C)S(=O)(=O)c1cccc(C(=O)NNC(=O)c2ccc(Br)cc2F)c1. The van der Waals surface area contributed by atoms with Crippen molar-refractivity contribution < 1.29 is 22.4 Å². The Bertz CT molecular complexity index is 964. The van der Waals surface area contributed by atoms with Crippen molar-refractivity contribution in [3.05, 3.63) is 63.9 Å². The molecule has 138 valence electrons. The third kappa shape index (κ3) is 4.45. The van der Waals surface area contributed by atoms with Gasteiger partial charge in [0.25, 0.3) is 11.8 Å². The van der Waals surface area contributed by atoms with Crippen LogP contribution in [0.3, 0.4) is 0 Å². The highest BCUT2D eigenvalue weighted by molar-refractivity contribution is 9.10. The van der Waals surface area contributed by atoms with E-state index in [1.165, 1.54) is 50.5 Å². The van der Waals surface area contributed by atoms with Crippen molar-refractivity contribution in [3.8, 4) is 0 Å². The lowest BCUT2D eigenvalue weighted by atomic mass is 10.2. The van der Waals surface area contributed by atoms with Crippen molar-refractivity contribution in [1.82, 2.24) is 15.2 Å². The number of hydrogen-bond donors (Lipinski definition) is 2. The number of sulfonamides is 1. The highest BCUT2D eigenvalue weighted by atomic mass is 79.9. The van der Waals surface area contributed by atoms with Gasteiger partial charge in [-0.05, 0) is 36.4 Å². The molecule has 0 saturated carbocycles. The minimum atomic E-state index is -3.70. The largest absolute Gasteiger partial charge is 0.272 e. The molecular weight excluding hydrogens is 429 g/mol. The molecule has 0 aliphatic carbocycles. The van der Waals surface area contributed by atoms with Gasteiger partial charge in [-0.1, -0.05) is 22.0 Å². The topological polar surface area (TPSA) is 95.6 Å². The van der Waals surface area contributed by atoms with Gasteiger partial charge in [0.2, 0.25) is 10.0 Å². The van der Waals surface area contributed by atoms with Crippen LogP contribution in [0.15, 0.2) is 51.8 Å². The van der Waals surface area contributed by atoms with Crippen molar-refractivity contribution >= 4 is 37.8 Å². The summed E-state index contributed by atoms with van der Waals surface area (Å²) >= 11 is 3.08. The summed E-state index contributed by atoms with van der Waals surface area (Å²) in [7, 11) is -0.965. The fourth-order valence-electron chi connectivity index (χ4n) is 1.94. The third-order valence-electron chi connectivity index (χ3n) is 3.34. The molecule has 0 fully saturated rings. The summed E-state index contributed by atoms with van der Waals surface area (Å²) in [6.45, 7) is 0. The van der Waals surface area contributed by atoms with Crippen LogP contribution in [0.1, 0.15) is 20.7 Å². The van der Waals surface area contributed by atoms with Crippen molar-refractivity contribution in [3.63, 3.8) is 0 Å². The Morgan fingerprint density at radius 1 is 1.04 bits per heavy atom. The smallest absolute Gasteiger partial charge is 0.267 e. The second kappa shape index (κ2) is 7.94. The Labute approximate surface area is 158 Å². The van der Waals surface area contributed by atoms with Gasteiger partial charge in [-0.3, -0.25) is 20.4 Å².